The molecule has 1 aliphatic heterocycles. The van der Waals surface area contributed by atoms with Gasteiger partial charge in [0.1, 0.15) is 20.5 Å². The first kappa shape index (κ1) is 36.8. The number of aromatic nitrogens is 1. The van der Waals surface area contributed by atoms with Crippen LogP contribution in [0.15, 0.2) is 49.3 Å². The number of aliphatic hydroxyl groups is 1. The molecule has 4 rings (SSSR count). The zero-order valence-corrected chi connectivity index (χ0v) is 30.0. The molecule has 0 unspecified atom stereocenters. The summed E-state index contributed by atoms with van der Waals surface area (Å²) in [6.45, 7) is 8.68. The zero-order chi connectivity index (χ0) is 34.5. The van der Waals surface area contributed by atoms with Gasteiger partial charge in [0.05, 0.1) is 30.4 Å². The lowest BCUT2D eigenvalue weighted by Crippen LogP contribution is -2.48. The van der Waals surface area contributed by atoms with E-state index in [1.165, 1.54) is 28.4 Å². The third kappa shape index (κ3) is 8.72. The summed E-state index contributed by atoms with van der Waals surface area (Å²) in [5.74, 6) is -0.387. The minimum atomic E-state index is -3.96. The molecule has 1 aliphatic rings. The van der Waals surface area contributed by atoms with E-state index in [2.05, 4.69) is 9.88 Å². The Morgan fingerprint density at radius 1 is 1.17 bits per heavy atom. The SMILES string of the molecule is Cc1noc(C)c1S(=O)(=O)N(C)C[C@H]1OCCCC[C@H](C)Oc2ccc(NS(=O)(=O)c3cccs3)cc2C(=O)N([C@@H](C)CO)C[C@@H]1C. The van der Waals surface area contributed by atoms with E-state index in [1.54, 1.807) is 44.4 Å². The van der Waals surface area contributed by atoms with E-state index in [9.17, 15) is 26.7 Å². The number of ether oxygens (including phenoxy) is 2. The summed E-state index contributed by atoms with van der Waals surface area (Å²) >= 11 is 1.07. The van der Waals surface area contributed by atoms with E-state index in [1.807, 2.05) is 13.8 Å². The average Bonchev–Trinajstić information content (AvgIpc) is 3.69. The topological polar surface area (TPSA) is 169 Å². The van der Waals surface area contributed by atoms with Gasteiger partial charge in [-0.25, -0.2) is 16.8 Å². The van der Waals surface area contributed by atoms with Crippen LogP contribution in [0.3, 0.4) is 0 Å². The number of nitrogens with one attached hydrogen (secondary N) is 1. The Morgan fingerprint density at radius 3 is 2.55 bits per heavy atom. The molecule has 13 nitrogen and oxygen atoms in total. The van der Waals surface area contributed by atoms with Crippen LogP contribution in [0.1, 0.15) is 61.8 Å². The second-order valence-corrected chi connectivity index (χ2v) is 16.8. The number of sulfonamides is 2. The van der Waals surface area contributed by atoms with Gasteiger partial charge in [0.15, 0.2) is 5.76 Å². The van der Waals surface area contributed by atoms with E-state index in [0.29, 0.717) is 25.2 Å². The number of fused-ring (bicyclic) bond motifs is 1. The molecule has 3 aromatic rings. The zero-order valence-electron chi connectivity index (χ0n) is 27.5. The molecule has 0 saturated carbocycles. The normalized spacial score (nSPS) is 21.1. The third-order valence-electron chi connectivity index (χ3n) is 8.14. The number of benzene rings is 1. The molecular formula is C31H44N4O9S3. The quantitative estimate of drug-likeness (QED) is 0.327. The first-order chi connectivity index (χ1) is 22.1. The van der Waals surface area contributed by atoms with Crippen molar-refractivity contribution in [1.29, 1.82) is 0 Å². The summed E-state index contributed by atoms with van der Waals surface area (Å²) in [6, 6.07) is 7.06. The van der Waals surface area contributed by atoms with Crippen LogP contribution in [0.25, 0.3) is 0 Å². The van der Waals surface area contributed by atoms with Crippen LogP contribution in [0.2, 0.25) is 0 Å². The van der Waals surface area contributed by atoms with E-state index >= 15 is 0 Å². The molecule has 2 aromatic heterocycles. The van der Waals surface area contributed by atoms with E-state index in [-0.39, 0.29) is 63.5 Å². The van der Waals surface area contributed by atoms with E-state index < -0.39 is 38.1 Å². The lowest BCUT2D eigenvalue weighted by atomic mass is 10.0. The van der Waals surface area contributed by atoms with Crippen LogP contribution in [0.5, 0.6) is 5.75 Å². The smallest absolute Gasteiger partial charge is 0.271 e. The molecule has 2 N–H and O–H groups in total. The number of carbonyl (C=O) groups excluding carboxylic acids is 1. The highest BCUT2D eigenvalue weighted by Gasteiger charge is 2.34. The first-order valence-electron chi connectivity index (χ1n) is 15.4. The fourth-order valence-electron chi connectivity index (χ4n) is 5.42. The van der Waals surface area contributed by atoms with Crippen LogP contribution < -0.4 is 9.46 Å². The number of nitrogens with zero attached hydrogens (tertiary/aromatic N) is 3. The fraction of sp³-hybridized carbons (Fsp3) is 0.548. The summed E-state index contributed by atoms with van der Waals surface area (Å²) in [5, 5.41) is 15.6. The molecule has 0 spiro atoms. The van der Waals surface area contributed by atoms with Crippen molar-refractivity contribution < 1.29 is 40.7 Å². The van der Waals surface area contributed by atoms with Crippen molar-refractivity contribution >= 4 is 43.0 Å². The second-order valence-electron chi connectivity index (χ2n) is 12.0. The van der Waals surface area contributed by atoms with Crippen LogP contribution in [-0.4, -0.2) is 93.8 Å². The first-order valence-corrected chi connectivity index (χ1v) is 19.3. The van der Waals surface area contributed by atoms with Crippen molar-refractivity contribution in [2.75, 3.05) is 38.1 Å². The lowest BCUT2D eigenvalue weighted by molar-refractivity contribution is -0.00835. The van der Waals surface area contributed by atoms with Gasteiger partial charge in [-0.05, 0) is 76.6 Å². The largest absolute Gasteiger partial charge is 0.490 e. The number of amides is 1. The Labute approximate surface area is 280 Å². The molecule has 0 fully saturated rings. The highest BCUT2D eigenvalue weighted by Crippen LogP contribution is 2.30. The Hall–Kier alpha value is -3.02. The molecule has 4 atom stereocenters. The Balaban J connectivity index is 1.68. The Morgan fingerprint density at radius 2 is 1.91 bits per heavy atom. The predicted molar refractivity (Wildman–Crippen MR) is 178 cm³/mol. The molecule has 47 heavy (non-hydrogen) atoms. The second kappa shape index (κ2) is 15.5. The highest BCUT2D eigenvalue weighted by molar-refractivity contribution is 7.94. The summed E-state index contributed by atoms with van der Waals surface area (Å²) in [7, 11) is -6.38. The lowest BCUT2D eigenvalue weighted by Gasteiger charge is -2.35. The van der Waals surface area contributed by atoms with Gasteiger partial charge in [0, 0.05) is 38.3 Å². The van der Waals surface area contributed by atoms with Crippen LogP contribution >= 0.6 is 11.3 Å². The molecule has 16 heteroatoms. The van der Waals surface area contributed by atoms with E-state index in [4.69, 9.17) is 14.0 Å². The van der Waals surface area contributed by atoms with Crippen LogP contribution in [0, 0.1) is 19.8 Å². The van der Waals surface area contributed by atoms with Gasteiger partial charge in [-0.1, -0.05) is 18.1 Å². The summed E-state index contributed by atoms with van der Waals surface area (Å²) in [6.07, 6.45) is 1.22. The van der Waals surface area contributed by atoms with Crippen molar-refractivity contribution in [1.82, 2.24) is 14.4 Å². The molecule has 0 aliphatic carbocycles. The van der Waals surface area contributed by atoms with Crippen molar-refractivity contribution in [2.45, 2.75) is 81.2 Å². The fourth-order valence-corrected chi connectivity index (χ4v) is 8.93. The summed E-state index contributed by atoms with van der Waals surface area (Å²) in [4.78, 5) is 15.8. The number of hydrogen-bond acceptors (Lipinski definition) is 11. The third-order valence-corrected chi connectivity index (χ3v) is 13.0. The molecule has 1 amide bonds. The monoisotopic (exact) mass is 712 g/mol. The Kier molecular flexibility index (Phi) is 12.1. The number of aliphatic hydroxyl groups excluding tert-OH is 1. The van der Waals surface area contributed by atoms with Gasteiger partial charge in [-0.3, -0.25) is 9.52 Å². The van der Waals surface area contributed by atoms with Crippen molar-refractivity contribution in [2.24, 2.45) is 5.92 Å². The van der Waals surface area contributed by atoms with Crippen molar-refractivity contribution in [3.8, 4) is 5.75 Å². The number of hydrogen-bond donors (Lipinski definition) is 2. The maximum Gasteiger partial charge on any atom is 0.271 e. The number of likely N-dealkylation sites (N-methyl/N-ethyl adjacent to an activating group) is 1. The molecule has 0 radical (unpaired) electrons. The van der Waals surface area contributed by atoms with Gasteiger partial charge >= 0.3 is 0 Å². The average molecular weight is 713 g/mol. The van der Waals surface area contributed by atoms with Gasteiger partial charge in [0.25, 0.3) is 15.9 Å². The van der Waals surface area contributed by atoms with Crippen LogP contribution in [0.4, 0.5) is 5.69 Å². The Bertz CT molecular complexity index is 1710. The number of aryl methyl sites for hydroxylation is 2. The summed E-state index contributed by atoms with van der Waals surface area (Å²) < 4.78 is 74.5. The van der Waals surface area contributed by atoms with Gasteiger partial charge in [-0.2, -0.15) is 4.31 Å². The van der Waals surface area contributed by atoms with Crippen molar-refractivity contribution in [3.05, 3.63) is 52.7 Å². The standard InChI is InChI=1S/C31H44N4O9S3/c1-20-17-35(21(2)19-36)31(37)26-16-25(33-46(38,39)29-11-9-15-45-29)12-13-27(26)43-22(3)10-7-8-14-42-28(20)18-34(6)47(40,41)30-23(4)32-44-24(30)5/h9,11-13,15-16,20-22,28,33,36H,7-8,10,14,17-19H2,1-6H3/t20-,21-,22-,28+/m0/s1. The molecular weight excluding hydrogens is 669 g/mol. The number of thiophene rings is 1. The molecule has 0 saturated heterocycles. The van der Waals surface area contributed by atoms with Gasteiger partial charge in [-0.15, -0.1) is 11.3 Å². The maximum atomic E-state index is 14.3. The van der Waals surface area contributed by atoms with Crippen LogP contribution in [-0.2, 0) is 24.8 Å². The van der Waals surface area contributed by atoms with E-state index in [0.717, 1.165) is 17.8 Å². The minimum absolute atomic E-state index is 0.00611. The van der Waals surface area contributed by atoms with Gasteiger partial charge < -0.3 is 24.0 Å². The molecule has 3 heterocycles. The predicted octanol–water partition coefficient (Wildman–Crippen LogP) is 4.27. The number of rotatable bonds is 9. The minimum Gasteiger partial charge on any atom is -0.490 e. The highest BCUT2D eigenvalue weighted by atomic mass is 32.2. The molecule has 260 valence electrons. The number of anilines is 1. The van der Waals surface area contributed by atoms with Crippen molar-refractivity contribution in [3.63, 3.8) is 0 Å². The number of carbonyl (C=O) groups is 1. The maximum absolute atomic E-state index is 14.3. The van der Waals surface area contributed by atoms with Gasteiger partial charge in [0.2, 0.25) is 10.0 Å². The molecule has 1 aromatic carbocycles. The molecule has 0 bridgehead atoms. The summed E-state index contributed by atoms with van der Waals surface area (Å²) in [5.41, 5.74) is 0.568.